The van der Waals surface area contributed by atoms with Gasteiger partial charge in [0.15, 0.2) is 0 Å². The van der Waals surface area contributed by atoms with Crippen LogP contribution >= 0.6 is 0 Å². The van der Waals surface area contributed by atoms with Gasteiger partial charge in [0.2, 0.25) is 0 Å². The molecule has 1 aliphatic heterocycles. The molecule has 17 heavy (non-hydrogen) atoms. The molecule has 1 fully saturated rings. The third-order valence-corrected chi connectivity index (χ3v) is 3.17. The second kappa shape index (κ2) is 5.47. The van der Waals surface area contributed by atoms with E-state index in [0.29, 0.717) is 6.10 Å². The van der Waals surface area contributed by atoms with E-state index in [0.717, 1.165) is 31.0 Å². The Morgan fingerprint density at radius 1 is 1.65 bits per heavy atom. The van der Waals surface area contributed by atoms with Gasteiger partial charge in [0.25, 0.3) is 0 Å². The molecule has 0 aliphatic carbocycles. The van der Waals surface area contributed by atoms with Gasteiger partial charge in [0.1, 0.15) is 5.82 Å². The summed E-state index contributed by atoms with van der Waals surface area (Å²) in [5.41, 5.74) is 7.05. The fourth-order valence-corrected chi connectivity index (χ4v) is 2.26. The van der Waals surface area contributed by atoms with E-state index in [9.17, 15) is 0 Å². The van der Waals surface area contributed by atoms with E-state index in [1.165, 1.54) is 6.42 Å². The van der Waals surface area contributed by atoms with Crippen LogP contribution in [-0.2, 0) is 4.74 Å². The van der Waals surface area contributed by atoms with Crippen LogP contribution in [-0.4, -0.2) is 31.3 Å². The number of nitrogens with zero attached hydrogens (tertiary/aromatic N) is 2. The lowest BCUT2D eigenvalue weighted by atomic mass is 10.1. The molecule has 0 saturated carbocycles. The summed E-state index contributed by atoms with van der Waals surface area (Å²) in [7, 11) is 2.05. The van der Waals surface area contributed by atoms with E-state index in [2.05, 4.69) is 16.9 Å². The molecule has 2 N–H and O–H groups in total. The van der Waals surface area contributed by atoms with Gasteiger partial charge in [0, 0.05) is 38.0 Å². The van der Waals surface area contributed by atoms with E-state index >= 15 is 0 Å². The van der Waals surface area contributed by atoms with Crippen LogP contribution in [0.25, 0.3) is 0 Å². The van der Waals surface area contributed by atoms with Gasteiger partial charge in [-0.15, -0.1) is 0 Å². The van der Waals surface area contributed by atoms with E-state index in [1.807, 2.05) is 25.3 Å². The SMILES string of the molecule is C[C@@H](N)c1cccnc1N(C)CC1CCCO1. The zero-order valence-corrected chi connectivity index (χ0v) is 10.6. The molecule has 0 aromatic carbocycles. The van der Waals surface area contributed by atoms with Crippen LogP contribution in [0.2, 0.25) is 0 Å². The number of aromatic nitrogens is 1. The molecule has 94 valence electrons. The number of ether oxygens (including phenoxy) is 1. The van der Waals surface area contributed by atoms with Crippen LogP contribution in [0.15, 0.2) is 18.3 Å². The Balaban J connectivity index is 2.09. The van der Waals surface area contributed by atoms with Crippen LogP contribution in [0.3, 0.4) is 0 Å². The molecule has 0 radical (unpaired) electrons. The molecule has 1 aromatic rings. The molecule has 0 amide bonds. The molecule has 1 unspecified atom stereocenters. The molecule has 1 aromatic heterocycles. The third kappa shape index (κ3) is 2.96. The second-order valence-electron chi connectivity index (χ2n) is 4.72. The second-order valence-corrected chi connectivity index (χ2v) is 4.72. The molecule has 2 rings (SSSR count). The number of rotatable bonds is 4. The van der Waals surface area contributed by atoms with Gasteiger partial charge in [-0.2, -0.15) is 0 Å². The van der Waals surface area contributed by atoms with Crippen molar-refractivity contribution in [1.29, 1.82) is 0 Å². The van der Waals surface area contributed by atoms with Gasteiger partial charge in [-0.1, -0.05) is 6.07 Å². The van der Waals surface area contributed by atoms with Gasteiger partial charge >= 0.3 is 0 Å². The minimum Gasteiger partial charge on any atom is -0.376 e. The van der Waals surface area contributed by atoms with Gasteiger partial charge in [-0.25, -0.2) is 4.98 Å². The molecule has 1 saturated heterocycles. The third-order valence-electron chi connectivity index (χ3n) is 3.17. The fourth-order valence-electron chi connectivity index (χ4n) is 2.26. The topological polar surface area (TPSA) is 51.4 Å². The summed E-state index contributed by atoms with van der Waals surface area (Å²) < 4.78 is 5.64. The van der Waals surface area contributed by atoms with Crippen molar-refractivity contribution in [2.24, 2.45) is 5.73 Å². The summed E-state index contributed by atoms with van der Waals surface area (Å²) >= 11 is 0. The van der Waals surface area contributed by atoms with Crippen molar-refractivity contribution in [3.63, 3.8) is 0 Å². The van der Waals surface area contributed by atoms with Crippen LogP contribution < -0.4 is 10.6 Å². The molecule has 4 heteroatoms. The van der Waals surface area contributed by atoms with Crippen molar-refractivity contribution in [2.45, 2.75) is 31.9 Å². The molecule has 2 atom stereocenters. The molecular weight excluding hydrogens is 214 g/mol. The van der Waals surface area contributed by atoms with Crippen molar-refractivity contribution in [3.8, 4) is 0 Å². The summed E-state index contributed by atoms with van der Waals surface area (Å²) in [5, 5.41) is 0. The lowest BCUT2D eigenvalue weighted by Gasteiger charge is -2.24. The Kier molecular flexibility index (Phi) is 3.97. The highest BCUT2D eigenvalue weighted by Crippen LogP contribution is 2.23. The molecule has 2 heterocycles. The van der Waals surface area contributed by atoms with Crippen LogP contribution in [0, 0.1) is 0 Å². The Hall–Kier alpha value is -1.13. The zero-order chi connectivity index (χ0) is 12.3. The predicted molar refractivity (Wildman–Crippen MR) is 69.1 cm³/mol. The summed E-state index contributed by atoms with van der Waals surface area (Å²) in [6, 6.07) is 3.98. The number of anilines is 1. The Bertz CT molecular complexity index is 361. The van der Waals surface area contributed by atoms with Crippen LogP contribution in [0.1, 0.15) is 31.4 Å². The maximum absolute atomic E-state index is 5.96. The molecule has 0 spiro atoms. The Labute approximate surface area is 103 Å². The summed E-state index contributed by atoms with van der Waals surface area (Å²) in [5.74, 6) is 0.970. The van der Waals surface area contributed by atoms with Crippen molar-refractivity contribution in [2.75, 3.05) is 25.1 Å². The average Bonchev–Trinajstić information content (AvgIpc) is 2.81. The van der Waals surface area contributed by atoms with Crippen LogP contribution in [0.5, 0.6) is 0 Å². The average molecular weight is 235 g/mol. The Morgan fingerprint density at radius 3 is 3.12 bits per heavy atom. The highest BCUT2D eigenvalue weighted by molar-refractivity contribution is 5.47. The van der Waals surface area contributed by atoms with E-state index in [-0.39, 0.29) is 6.04 Å². The van der Waals surface area contributed by atoms with Gasteiger partial charge < -0.3 is 15.4 Å². The minimum atomic E-state index is 0.00523. The first-order valence-electron chi connectivity index (χ1n) is 6.21. The monoisotopic (exact) mass is 235 g/mol. The maximum Gasteiger partial charge on any atom is 0.133 e. The largest absolute Gasteiger partial charge is 0.376 e. The summed E-state index contributed by atoms with van der Waals surface area (Å²) in [4.78, 5) is 6.58. The summed E-state index contributed by atoms with van der Waals surface area (Å²) in [6.07, 6.45) is 4.46. The number of pyridine rings is 1. The molecule has 4 nitrogen and oxygen atoms in total. The van der Waals surface area contributed by atoms with Crippen LogP contribution in [0.4, 0.5) is 5.82 Å². The lowest BCUT2D eigenvalue weighted by molar-refractivity contribution is 0.116. The fraction of sp³-hybridized carbons (Fsp3) is 0.615. The molecular formula is C13H21N3O. The van der Waals surface area contributed by atoms with Crippen molar-refractivity contribution < 1.29 is 4.74 Å². The molecule has 1 aliphatic rings. The quantitative estimate of drug-likeness (QED) is 0.863. The van der Waals surface area contributed by atoms with Crippen molar-refractivity contribution in [3.05, 3.63) is 23.9 Å². The van der Waals surface area contributed by atoms with Gasteiger partial charge in [-0.05, 0) is 25.8 Å². The van der Waals surface area contributed by atoms with Gasteiger partial charge in [0.05, 0.1) is 6.10 Å². The highest BCUT2D eigenvalue weighted by atomic mass is 16.5. The first kappa shape index (κ1) is 12.3. The Morgan fingerprint density at radius 2 is 2.47 bits per heavy atom. The first-order valence-corrected chi connectivity index (χ1v) is 6.21. The first-order chi connectivity index (χ1) is 8.18. The maximum atomic E-state index is 5.96. The summed E-state index contributed by atoms with van der Waals surface area (Å²) in [6.45, 7) is 3.76. The van der Waals surface area contributed by atoms with Crippen molar-refractivity contribution in [1.82, 2.24) is 4.98 Å². The number of likely N-dealkylation sites (N-methyl/N-ethyl adjacent to an activating group) is 1. The smallest absolute Gasteiger partial charge is 0.133 e. The van der Waals surface area contributed by atoms with E-state index in [4.69, 9.17) is 10.5 Å². The molecule has 0 bridgehead atoms. The zero-order valence-electron chi connectivity index (χ0n) is 10.6. The van der Waals surface area contributed by atoms with E-state index in [1.54, 1.807) is 0 Å². The lowest BCUT2D eigenvalue weighted by Crippen LogP contribution is -2.30. The predicted octanol–water partition coefficient (Wildman–Crippen LogP) is 1.72. The number of nitrogens with two attached hydrogens (primary N) is 1. The number of hydrogen-bond donors (Lipinski definition) is 1. The minimum absolute atomic E-state index is 0.00523. The highest BCUT2D eigenvalue weighted by Gasteiger charge is 2.19. The van der Waals surface area contributed by atoms with Crippen molar-refractivity contribution >= 4 is 5.82 Å². The standard InChI is InChI=1S/C13H21N3O/c1-10(14)12-6-3-7-15-13(12)16(2)9-11-5-4-8-17-11/h3,6-7,10-11H,4-5,8-9,14H2,1-2H3/t10-,11?/m1/s1. The van der Waals surface area contributed by atoms with E-state index < -0.39 is 0 Å². The van der Waals surface area contributed by atoms with Gasteiger partial charge in [-0.3, -0.25) is 0 Å². The number of hydrogen-bond acceptors (Lipinski definition) is 4. The normalized spacial score (nSPS) is 21.5.